The largest absolute Gasteiger partial charge is 0.450 e. The molecule has 0 atom stereocenters. The minimum atomic E-state index is -0.232. The fraction of sp³-hybridized carbons (Fsp3) is 0.556. The van der Waals surface area contributed by atoms with Crippen molar-refractivity contribution in [2.24, 2.45) is 0 Å². The Morgan fingerprint density at radius 2 is 1.92 bits per heavy atom. The zero-order valence-corrected chi connectivity index (χ0v) is 14.9. The number of aryl methyl sites for hydroxylation is 2. The molecule has 0 saturated carbocycles. The minimum Gasteiger partial charge on any atom is -0.450 e. The van der Waals surface area contributed by atoms with E-state index < -0.39 is 0 Å². The third-order valence-electron chi connectivity index (χ3n) is 4.49. The van der Waals surface area contributed by atoms with Gasteiger partial charge in [0.2, 0.25) is 5.91 Å². The normalized spacial score (nSPS) is 15.2. The van der Waals surface area contributed by atoms with Crippen LogP contribution in [0.25, 0.3) is 0 Å². The zero-order valence-electron chi connectivity index (χ0n) is 14.9. The van der Waals surface area contributed by atoms with Crippen molar-refractivity contribution in [3.63, 3.8) is 0 Å². The molecule has 1 aliphatic rings. The van der Waals surface area contributed by atoms with E-state index in [0.717, 1.165) is 25.3 Å². The van der Waals surface area contributed by atoms with Crippen molar-refractivity contribution in [3.8, 4) is 0 Å². The second kappa shape index (κ2) is 8.68. The van der Waals surface area contributed by atoms with Crippen LogP contribution in [0.3, 0.4) is 0 Å². The molecule has 1 fully saturated rings. The summed E-state index contributed by atoms with van der Waals surface area (Å²) in [6, 6.07) is 5.95. The van der Waals surface area contributed by atoms with E-state index in [1.54, 1.807) is 4.90 Å². The second-order valence-corrected chi connectivity index (χ2v) is 6.28. The standard InChI is InChI=1S/C18H27N3O3/c1-4-24-18(23)21-11-9-20(10-12-21)8-7-17(22)19-16-6-5-14(2)15(3)13-16/h5-6,13H,4,7-12H2,1-3H3,(H,19,22)/p+1. The zero-order chi connectivity index (χ0) is 17.5. The Hall–Kier alpha value is -2.08. The summed E-state index contributed by atoms with van der Waals surface area (Å²) in [7, 11) is 0. The highest BCUT2D eigenvalue weighted by molar-refractivity contribution is 5.90. The van der Waals surface area contributed by atoms with Crippen LogP contribution < -0.4 is 10.2 Å². The Morgan fingerprint density at radius 3 is 2.54 bits per heavy atom. The fourth-order valence-electron chi connectivity index (χ4n) is 2.80. The quantitative estimate of drug-likeness (QED) is 0.844. The number of piperazine rings is 1. The molecule has 6 nitrogen and oxygen atoms in total. The maximum Gasteiger partial charge on any atom is 0.410 e. The number of benzene rings is 1. The number of carbonyl (C=O) groups is 2. The van der Waals surface area contributed by atoms with Gasteiger partial charge in [0.25, 0.3) is 0 Å². The highest BCUT2D eigenvalue weighted by atomic mass is 16.6. The third kappa shape index (κ3) is 5.23. The lowest BCUT2D eigenvalue weighted by atomic mass is 10.1. The molecule has 0 radical (unpaired) electrons. The molecule has 1 aromatic rings. The smallest absolute Gasteiger partial charge is 0.410 e. The summed E-state index contributed by atoms with van der Waals surface area (Å²) in [6.07, 6.45) is 0.255. The van der Waals surface area contributed by atoms with Crippen LogP contribution >= 0.6 is 0 Å². The average molecular weight is 334 g/mol. The van der Waals surface area contributed by atoms with Crippen LogP contribution in [0.2, 0.25) is 0 Å². The lowest BCUT2D eigenvalue weighted by molar-refractivity contribution is -0.903. The Morgan fingerprint density at radius 1 is 1.21 bits per heavy atom. The first-order valence-corrected chi connectivity index (χ1v) is 8.62. The molecular formula is C18H28N3O3+. The Balaban J connectivity index is 1.71. The molecule has 0 aliphatic carbocycles. The molecule has 1 saturated heterocycles. The number of amides is 2. The maximum atomic E-state index is 12.1. The number of anilines is 1. The van der Waals surface area contributed by atoms with E-state index in [-0.39, 0.29) is 12.0 Å². The van der Waals surface area contributed by atoms with Gasteiger partial charge in [-0.15, -0.1) is 0 Å². The summed E-state index contributed by atoms with van der Waals surface area (Å²) in [6.45, 7) is 10.2. The van der Waals surface area contributed by atoms with E-state index in [9.17, 15) is 9.59 Å². The van der Waals surface area contributed by atoms with Gasteiger partial charge in [0, 0.05) is 5.69 Å². The Kier molecular flexibility index (Phi) is 6.61. The molecule has 2 amide bonds. The van der Waals surface area contributed by atoms with Gasteiger partial charge in [-0.25, -0.2) is 4.79 Å². The molecule has 6 heteroatoms. The molecule has 24 heavy (non-hydrogen) atoms. The first-order chi connectivity index (χ1) is 11.5. The molecular weight excluding hydrogens is 306 g/mol. The predicted octanol–water partition coefficient (Wildman–Crippen LogP) is 0.989. The highest BCUT2D eigenvalue weighted by Gasteiger charge is 2.24. The first-order valence-electron chi connectivity index (χ1n) is 8.62. The molecule has 1 aromatic carbocycles. The van der Waals surface area contributed by atoms with E-state index in [2.05, 4.69) is 12.2 Å². The topological polar surface area (TPSA) is 63.1 Å². The summed E-state index contributed by atoms with van der Waals surface area (Å²) in [5.41, 5.74) is 3.25. The van der Waals surface area contributed by atoms with E-state index in [0.29, 0.717) is 26.1 Å². The number of carbonyl (C=O) groups excluding carboxylic acids is 2. The van der Waals surface area contributed by atoms with Gasteiger partial charge in [-0.3, -0.25) is 9.69 Å². The SMILES string of the molecule is CCOC(=O)N1CC[NH+](CCC(=O)Nc2ccc(C)c(C)c2)CC1. The molecule has 2 N–H and O–H groups in total. The molecule has 2 rings (SSSR count). The van der Waals surface area contributed by atoms with Crippen LogP contribution in [0.4, 0.5) is 10.5 Å². The minimum absolute atomic E-state index is 0.0403. The molecule has 1 heterocycles. The van der Waals surface area contributed by atoms with Gasteiger partial charge in [-0.05, 0) is 44.0 Å². The van der Waals surface area contributed by atoms with Crippen molar-refractivity contribution in [1.29, 1.82) is 0 Å². The number of hydrogen-bond donors (Lipinski definition) is 2. The van der Waals surface area contributed by atoms with Crippen LogP contribution in [0.1, 0.15) is 24.5 Å². The molecule has 1 aliphatic heterocycles. The van der Waals surface area contributed by atoms with Gasteiger partial charge in [-0.2, -0.15) is 0 Å². The summed E-state index contributed by atoms with van der Waals surface area (Å²) in [5, 5.41) is 2.96. The molecule has 0 aromatic heterocycles. The van der Waals surface area contributed by atoms with E-state index in [1.807, 2.05) is 32.0 Å². The number of hydrogen-bond acceptors (Lipinski definition) is 3. The van der Waals surface area contributed by atoms with Gasteiger partial charge in [-0.1, -0.05) is 6.07 Å². The van der Waals surface area contributed by atoms with Gasteiger partial charge in [0.05, 0.1) is 45.8 Å². The van der Waals surface area contributed by atoms with Crippen molar-refractivity contribution in [2.45, 2.75) is 27.2 Å². The van der Waals surface area contributed by atoms with Gasteiger partial charge >= 0.3 is 6.09 Å². The predicted molar refractivity (Wildman–Crippen MR) is 93.3 cm³/mol. The third-order valence-corrected chi connectivity index (χ3v) is 4.49. The van der Waals surface area contributed by atoms with Crippen LogP contribution in [-0.2, 0) is 9.53 Å². The van der Waals surface area contributed by atoms with E-state index in [1.165, 1.54) is 16.0 Å². The van der Waals surface area contributed by atoms with Crippen LogP contribution in [0.5, 0.6) is 0 Å². The maximum absolute atomic E-state index is 12.1. The van der Waals surface area contributed by atoms with Crippen LogP contribution in [0.15, 0.2) is 18.2 Å². The van der Waals surface area contributed by atoms with Crippen LogP contribution in [-0.4, -0.2) is 56.2 Å². The van der Waals surface area contributed by atoms with Gasteiger partial charge in [0.1, 0.15) is 0 Å². The monoisotopic (exact) mass is 334 g/mol. The molecule has 132 valence electrons. The highest BCUT2D eigenvalue weighted by Crippen LogP contribution is 2.14. The number of nitrogens with one attached hydrogen (secondary N) is 2. The molecule has 0 bridgehead atoms. The van der Waals surface area contributed by atoms with Crippen molar-refractivity contribution in [2.75, 3.05) is 44.6 Å². The number of nitrogens with zero attached hydrogens (tertiary/aromatic N) is 1. The number of rotatable bonds is 5. The number of ether oxygens (including phenoxy) is 1. The fourth-order valence-corrected chi connectivity index (χ4v) is 2.80. The average Bonchev–Trinajstić information content (AvgIpc) is 2.57. The summed E-state index contributed by atoms with van der Waals surface area (Å²) in [5.74, 6) is 0.0403. The van der Waals surface area contributed by atoms with Crippen LogP contribution in [0, 0.1) is 13.8 Å². The van der Waals surface area contributed by atoms with Gasteiger partial charge in [0.15, 0.2) is 0 Å². The Bertz CT molecular complexity index is 581. The van der Waals surface area contributed by atoms with Gasteiger partial charge < -0.3 is 15.0 Å². The van der Waals surface area contributed by atoms with Crippen molar-refractivity contribution < 1.29 is 19.2 Å². The summed E-state index contributed by atoms with van der Waals surface area (Å²) < 4.78 is 5.01. The van der Waals surface area contributed by atoms with E-state index >= 15 is 0 Å². The summed E-state index contributed by atoms with van der Waals surface area (Å²) in [4.78, 5) is 26.8. The molecule has 0 spiro atoms. The second-order valence-electron chi connectivity index (χ2n) is 6.28. The van der Waals surface area contributed by atoms with Crippen molar-refractivity contribution in [3.05, 3.63) is 29.3 Å². The van der Waals surface area contributed by atoms with E-state index in [4.69, 9.17) is 4.74 Å². The lowest BCUT2D eigenvalue weighted by Crippen LogP contribution is -3.15. The lowest BCUT2D eigenvalue weighted by Gasteiger charge is -2.31. The summed E-state index contributed by atoms with van der Waals surface area (Å²) >= 11 is 0. The Labute approximate surface area is 143 Å². The van der Waals surface area contributed by atoms with Crippen molar-refractivity contribution in [1.82, 2.24) is 4.90 Å². The first kappa shape index (κ1) is 18.3. The number of quaternary nitrogens is 1. The van der Waals surface area contributed by atoms with Crippen molar-refractivity contribution >= 4 is 17.7 Å². The molecule has 0 unspecified atom stereocenters.